The number of unbranched alkanes of at least 4 members (excludes halogenated alkanes) is 1. The molecule has 0 aliphatic carbocycles. The highest BCUT2D eigenvalue weighted by Crippen LogP contribution is 2.32. The second kappa shape index (κ2) is 11.5. The molecule has 1 atom stereocenters. The van der Waals surface area contributed by atoms with Gasteiger partial charge in [-0.3, -0.25) is 9.69 Å². The molecule has 0 spiro atoms. The molecule has 170 valence electrons. The Morgan fingerprint density at radius 1 is 1.23 bits per heavy atom. The number of allylic oxidation sites excluding steroid dienone is 1. The molecule has 0 bridgehead atoms. The van der Waals surface area contributed by atoms with Crippen molar-refractivity contribution in [3.05, 3.63) is 41.1 Å². The monoisotopic (exact) mass is 429 g/mol. The summed E-state index contributed by atoms with van der Waals surface area (Å²) in [5.74, 6) is -0.284. The molecule has 0 saturated carbocycles. The maximum Gasteiger partial charge on any atom is 0.338 e. The van der Waals surface area contributed by atoms with E-state index in [0.29, 0.717) is 42.1 Å². The number of amides is 3. The molecule has 31 heavy (non-hydrogen) atoms. The average Bonchev–Trinajstić information content (AvgIpc) is 2.73. The first-order chi connectivity index (χ1) is 14.8. The Morgan fingerprint density at radius 2 is 1.97 bits per heavy atom. The number of urea groups is 1. The standard InChI is InChI=1S/C24H35N3O4/c1-6-8-12-20(28)25-19-11-9-10-18(14-19)22-21(23(29)31-15-16(3)4)17(5)27(13-7-2)24(30)26-22/h9-11,14,16,22H,6-8,12-13,15H2,1-5H3,(H,25,28)(H,26,30). The van der Waals surface area contributed by atoms with Crippen LogP contribution < -0.4 is 10.6 Å². The zero-order valence-electron chi connectivity index (χ0n) is 19.3. The molecule has 3 amide bonds. The lowest BCUT2D eigenvalue weighted by atomic mass is 9.94. The van der Waals surface area contributed by atoms with Crippen molar-refractivity contribution in [2.24, 2.45) is 5.92 Å². The molecule has 0 radical (unpaired) electrons. The number of nitrogens with one attached hydrogen (secondary N) is 2. The molecule has 2 rings (SSSR count). The van der Waals surface area contributed by atoms with Crippen LogP contribution in [0.4, 0.5) is 10.5 Å². The van der Waals surface area contributed by atoms with E-state index in [2.05, 4.69) is 10.6 Å². The summed E-state index contributed by atoms with van der Waals surface area (Å²) in [6.45, 7) is 10.6. The molecule has 1 unspecified atom stereocenters. The zero-order chi connectivity index (χ0) is 23.0. The van der Waals surface area contributed by atoms with Gasteiger partial charge in [0.15, 0.2) is 0 Å². The van der Waals surface area contributed by atoms with Crippen LogP contribution in [0.1, 0.15) is 71.9 Å². The normalized spacial score (nSPS) is 16.4. The summed E-state index contributed by atoms with van der Waals surface area (Å²) in [4.78, 5) is 39.5. The Labute approximate surface area is 185 Å². The summed E-state index contributed by atoms with van der Waals surface area (Å²) in [5, 5.41) is 5.84. The number of rotatable bonds is 10. The van der Waals surface area contributed by atoms with E-state index in [-0.39, 0.29) is 17.9 Å². The fraction of sp³-hybridized carbons (Fsp3) is 0.542. The Morgan fingerprint density at radius 3 is 2.61 bits per heavy atom. The van der Waals surface area contributed by atoms with Gasteiger partial charge in [0, 0.05) is 24.4 Å². The second-order valence-electron chi connectivity index (χ2n) is 8.30. The van der Waals surface area contributed by atoms with Gasteiger partial charge in [0.05, 0.1) is 18.2 Å². The quantitative estimate of drug-likeness (QED) is 0.525. The van der Waals surface area contributed by atoms with E-state index in [0.717, 1.165) is 19.3 Å². The van der Waals surface area contributed by atoms with E-state index in [1.807, 2.05) is 39.8 Å². The minimum Gasteiger partial charge on any atom is -0.462 e. The summed E-state index contributed by atoms with van der Waals surface area (Å²) in [6, 6.07) is 6.35. The van der Waals surface area contributed by atoms with Crippen molar-refractivity contribution in [2.75, 3.05) is 18.5 Å². The van der Waals surface area contributed by atoms with Gasteiger partial charge in [-0.1, -0.05) is 46.2 Å². The van der Waals surface area contributed by atoms with Crippen LogP contribution >= 0.6 is 0 Å². The molecule has 2 N–H and O–H groups in total. The second-order valence-corrected chi connectivity index (χ2v) is 8.30. The van der Waals surface area contributed by atoms with Gasteiger partial charge in [-0.05, 0) is 43.4 Å². The van der Waals surface area contributed by atoms with Gasteiger partial charge in [-0.15, -0.1) is 0 Å². The third-order valence-electron chi connectivity index (χ3n) is 5.07. The molecule has 7 nitrogen and oxygen atoms in total. The van der Waals surface area contributed by atoms with Crippen molar-refractivity contribution >= 4 is 23.6 Å². The zero-order valence-corrected chi connectivity index (χ0v) is 19.3. The maximum absolute atomic E-state index is 13.0. The number of carbonyl (C=O) groups is 3. The van der Waals surface area contributed by atoms with E-state index >= 15 is 0 Å². The molecular formula is C24H35N3O4. The van der Waals surface area contributed by atoms with Gasteiger partial charge in [0.2, 0.25) is 5.91 Å². The Hall–Kier alpha value is -2.83. The minimum absolute atomic E-state index is 0.0518. The predicted octanol–water partition coefficient (Wildman–Crippen LogP) is 4.76. The van der Waals surface area contributed by atoms with Gasteiger partial charge >= 0.3 is 12.0 Å². The number of ether oxygens (including phenoxy) is 1. The van der Waals surface area contributed by atoms with Crippen molar-refractivity contribution in [2.45, 2.75) is 66.3 Å². The molecule has 0 fully saturated rings. The molecule has 1 aromatic carbocycles. The molecule has 0 saturated heterocycles. The molecule has 1 aliphatic rings. The average molecular weight is 430 g/mol. The lowest BCUT2D eigenvalue weighted by Gasteiger charge is -2.35. The van der Waals surface area contributed by atoms with E-state index < -0.39 is 12.0 Å². The Balaban J connectivity index is 2.37. The Kier molecular flexibility index (Phi) is 9.09. The Bertz CT molecular complexity index is 832. The van der Waals surface area contributed by atoms with Crippen molar-refractivity contribution in [1.82, 2.24) is 10.2 Å². The fourth-order valence-corrected chi connectivity index (χ4v) is 3.47. The van der Waals surface area contributed by atoms with Gasteiger partial charge in [-0.2, -0.15) is 0 Å². The van der Waals surface area contributed by atoms with E-state index in [1.54, 1.807) is 24.0 Å². The van der Waals surface area contributed by atoms with Crippen molar-refractivity contribution in [3.63, 3.8) is 0 Å². The summed E-state index contributed by atoms with van der Waals surface area (Å²) in [6.07, 6.45) is 2.99. The first-order valence-corrected chi connectivity index (χ1v) is 11.1. The summed E-state index contributed by atoms with van der Waals surface area (Å²) in [7, 11) is 0. The first kappa shape index (κ1) is 24.4. The van der Waals surface area contributed by atoms with Crippen molar-refractivity contribution < 1.29 is 19.1 Å². The maximum atomic E-state index is 13.0. The number of esters is 1. The smallest absolute Gasteiger partial charge is 0.338 e. The number of nitrogens with zero attached hydrogens (tertiary/aromatic N) is 1. The van der Waals surface area contributed by atoms with E-state index in [4.69, 9.17) is 4.74 Å². The van der Waals surface area contributed by atoms with E-state index in [1.165, 1.54) is 0 Å². The van der Waals surface area contributed by atoms with Crippen LogP contribution in [-0.4, -0.2) is 36.0 Å². The fourth-order valence-electron chi connectivity index (χ4n) is 3.47. The van der Waals surface area contributed by atoms with Crippen LogP contribution in [0.3, 0.4) is 0 Å². The highest BCUT2D eigenvalue weighted by atomic mass is 16.5. The van der Waals surface area contributed by atoms with Crippen LogP contribution in [0.25, 0.3) is 0 Å². The predicted molar refractivity (Wildman–Crippen MR) is 121 cm³/mol. The van der Waals surface area contributed by atoms with E-state index in [9.17, 15) is 14.4 Å². The number of benzene rings is 1. The summed E-state index contributed by atoms with van der Waals surface area (Å²) >= 11 is 0. The lowest BCUT2D eigenvalue weighted by molar-refractivity contribution is -0.140. The first-order valence-electron chi connectivity index (χ1n) is 11.1. The van der Waals surface area contributed by atoms with Gasteiger partial charge in [0.25, 0.3) is 0 Å². The molecule has 7 heteroatoms. The van der Waals surface area contributed by atoms with Crippen molar-refractivity contribution in [1.29, 1.82) is 0 Å². The van der Waals surface area contributed by atoms with Crippen LogP contribution in [0.2, 0.25) is 0 Å². The van der Waals surface area contributed by atoms with Crippen LogP contribution in [0.15, 0.2) is 35.5 Å². The number of hydrogen-bond acceptors (Lipinski definition) is 4. The van der Waals surface area contributed by atoms with Gasteiger partial charge < -0.3 is 15.4 Å². The van der Waals surface area contributed by atoms with Crippen molar-refractivity contribution in [3.8, 4) is 0 Å². The third-order valence-corrected chi connectivity index (χ3v) is 5.07. The van der Waals surface area contributed by atoms with Gasteiger partial charge in [-0.25, -0.2) is 9.59 Å². The number of carbonyl (C=O) groups excluding carboxylic acids is 3. The SMILES string of the molecule is CCCCC(=O)Nc1cccc(C2NC(=O)N(CCC)C(C)=C2C(=O)OCC(C)C)c1. The van der Waals surface area contributed by atoms with Crippen LogP contribution in [0.5, 0.6) is 0 Å². The minimum atomic E-state index is -0.646. The lowest BCUT2D eigenvalue weighted by Crippen LogP contribution is -2.48. The topological polar surface area (TPSA) is 87.7 Å². The molecule has 1 aliphatic heterocycles. The largest absolute Gasteiger partial charge is 0.462 e. The van der Waals surface area contributed by atoms with Crippen LogP contribution in [0, 0.1) is 5.92 Å². The summed E-state index contributed by atoms with van der Waals surface area (Å²) < 4.78 is 5.52. The number of hydrogen-bond donors (Lipinski definition) is 2. The number of anilines is 1. The summed E-state index contributed by atoms with van der Waals surface area (Å²) in [5.41, 5.74) is 2.37. The highest BCUT2D eigenvalue weighted by Gasteiger charge is 2.36. The molecular weight excluding hydrogens is 394 g/mol. The molecule has 0 aromatic heterocycles. The molecule has 1 heterocycles. The third kappa shape index (κ3) is 6.57. The van der Waals surface area contributed by atoms with Gasteiger partial charge in [0.1, 0.15) is 0 Å². The van der Waals surface area contributed by atoms with Crippen LogP contribution in [-0.2, 0) is 14.3 Å². The molecule has 1 aromatic rings. The highest BCUT2D eigenvalue weighted by molar-refractivity contribution is 5.95.